The van der Waals surface area contributed by atoms with Crippen LogP contribution in [0.5, 0.6) is 0 Å². The third-order valence-electron chi connectivity index (χ3n) is 5.73. The van der Waals surface area contributed by atoms with Gasteiger partial charge < -0.3 is 30.0 Å². The van der Waals surface area contributed by atoms with E-state index in [0.29, 0.717) is 24.7 Å². The van der Waals surface area contributed by atoms with Crippen molar-refractivity contribution in [3.8, 4) is 0 Å². The minimum Gasteiger partial charge on any atom is -0.431 e. The van der Waals surface area contributed by atoms with Crippen LogP contribution in [-0.2, 0) is 7.05 Å². The third kappa shape index (κ3) is 4.18. The summed E-state index contributed by atoms with van der Waals surface area (Å²) in [6.07, 6.45) is 3.54. The zero-order chi connectivity index (χ0) is 20.7. The number of amides is 1. The van der Waals surface area contributed by atoms with Crippen LogP contribution in [0.4, 0.5) is 17.4 Å². The lowest BCUT2D eigenvalue weighted by Crippen LogP contribution is -2.43. The summed E-state index contributed by atoms with van der Waals surface area (Å²) >= 11 is 0. The average molecular weight is 448 g/mol. The zero-order valence-corrected chi connectivity index (χ0v) is 18.1. The Balaban J connectivity index is 0.00000231. The van der Waals surface area contributed by atoms with Gasteiger partial charge in [-0.25, -0.2) is 0 Å². The number of aromatic nitrogens is 3. The van der Waals surface area contributed by atoms with Gasteiger partial charge in [0.25, 0.3) is 11.9 Å². The number of nitrogens with zero attached hydrogens (tertiary/aromatic N) is 5. The Hall–Kier alpha value is -2.82. The molecule has 2 aliphatic rings. The second kappa shape index (κ2) is 8.74. The van der Waals surface area contributed by atoms with E-state index in [4.69, 9.17) is 4.42 Å². The smallest absolute Gasteiger partial charge is 0.298 e. The molecular formula is C20H26ClN7O3. The molecule has 2 aliphatic heterocycles. The number of aliphatic hydroxyl groups excluding tert-OH is 1. The first-order chi connectivity index (χ1) is 14.6. The van der Waals surface area contributed by atoms with Crippen molar-refractivity contribution >= 4 is 46.6 Å². The van der Waals surface area contributed by atoms with Gasteiger partial charge in [0.2, 0.25) is 0 Å². The summed E-state index contributed by atoms with van der Waals surface area (Å²) in [5, 5.41) is 21.5. The van der Waals surface area contributed by atoms with Gasteiger partial charge in [0.05, 0.1) is 29.2 Å². The molecule has 166 valence electrons. The summed E-state index contributed by atoms with van der Waals surface area (Å²) in [7, 11) is 1.87. The number of aliphatic hydroxyl groups is 1. The van der Waals surface area contributed by atoms with E-state index >= 15 is 0 Å². The van der Waals surface area contributed by atoms with E-state index in [9.17, 15) is 9.90 Å². The van der Waals surface area contributed by atoms with Crippen molar-refractivity contribution in [3.63, 3.8) is 0 Å². The van der Waals surface area contributed by atoms with Gasteiger partial charge in [0.15, 0.2) is 5.69 Å². The van der Waals surface area contributed by atoms with Crippen molar-refractivity contribution in [2.24, 2.45) is 7.05 Å². The van der Waals surface area contributed by atoms with E-state index in [-0.39, 0.29) is 30.1 Å². The topological polar surface area (TPSA) is 112 Å². The molecule has 0 bridgehead atoms. The van der Waals surface area contributed by atoms with Crippen molar-refractivity contribution in [3.05, 3.63) is 30.3 Å². The second-order valence-electron chi connectivity index (χ2n) is 7.79. The lowest BCUT2D eigenvalue weighted by Gasteiger charge is -2.25. The Morgan fingerprint density at radius 2 is 2.06 bits per heavy atom. The predicted molar refractivity (Wildman–Crippen MR) is 120 cm³/mol. The van der Waals surface area contributed by atoms with Crippen molar-refractivity contribution in [2.75, 3.05) is 54.4 Å². The SMILES string of the molecule is Cl.Cn1ncc2cc(N3CC[C@H](O)C3)c(NC(=O)c3coc(N4CCNCC4)n3)cc21. The van der Waals surface area contributed by atoms with Gasteiger partial charge in [-0.05, 0) is 18.6 Å². The number of carbonyl (C=O) groups excluding carboxylic acids is 1. The van der Waals surface area contributed by atoms with E-state index in [1.165, 1.54) is 6.26 Å². The number of β-amino-alcohol motifs (C(OH)–C–C–N with tert-alkyl or cyclic N) is 1. The third-order valence-corrected chi connectivity index (χ3v) is 5.73. The van der Waals surface area contributed by atoms with Gasteiger partial charge in [-0.2, -0.15) is 10.1 Å². The van der Waals surface area contributed by atoms with E-state index in [1.807, 2.05) is 24.1 Å². The number of carbonyl (C=O) groups is 1. The van der Waals surface area contributed by atoms with E-state index in [0.717, 1.165) is 49.3 Å². The number of fused-ring (bicyclic) bond motifs is 1. The Morgan fingerprint density at radius 3 is 2.81 bits per heavy atom. The monoisotopic (exact) mass is 447 g/mol. The molecule has 0 spiro atoms. The molecule has 1 aromatic carbocycles. The summed E-state index contributed by atoms with van der Waals surface area (Å²) in [5.41, 5.74) is 2.68. The van der Waals surface area contributed by atoms with E-state index < -0.39 is 0 Å². The number of nitrogens with one attached hydrogen (secondary N) is 2. The van der Waals surface area contributed by atoms with Crippen molar-refractivity contribution in [1.29, 1.82) is 0 Å². The number of hydrogen-bond acceptors (Lipinski definition) is 8. The number of aryl methyl sites for hydroxylation is 1. The molecule has 31 heavy (non-hydrogen) atoms. The van der Waals surface area contributed by atoms with Gasteiger partial charge in [-0.3, -0.25) is 9.48 Å². The largest absolute Gasteiger partial charge is 0.431 e. The number of anilines is 3. The minimum absolute atomic E-state index is 0. The maximum Gasteiger partial charge on any atom is 0.298 e. The van der Waals surface area contributed by atoms with Gasteiger partial charge in [0.1, 0.15) is 6.26 Å². The lowest BCUT2D eigenvalue weighted by atomic mass is 10.1. The maximum absolute atomic E-state index is 12.9. The maximum atomic E-state index is 12.9. The highest BCUT2D eigenvalue weighted by Crippen LogP contribution is 2.34. The van der Waals surface area contributed by atoms with Crippen LogP contribution in [0.3, 0.4) is 0 Å². The molecule has 0 saturated carbocycles. The van der Waals surface area contributed by atoms with Crippen molar-refractivity contribution in [1.82, 2.24) is 20.1 Å². The number of halogens is 1. The van der Waals surface area contributed by atoms with Crippen LogP contribution in [0.1, 0.15) is 16.9 Å². The summed E-state index contributed by atoms with van der Waals surface area (Å²) in [4.78, 5) is 21.4. The van der Waals surface area contributed by atoms with Crippen LogP contribution in [-0.4, -0.2) is 71.2 Å². The minimum atomic E-state index is -0.365. The molecule has 1 atom stereocenters. The number of benzene rings is 1. The molecule has 1 amide bonds. The van der Waals surface area contributed by atoms with Crippen molar-refractivity contribution in [2.45, 2.75) is 12.5 Å². The van der Waals surface area contributed by atoms with Crippen LogP contribution in [0.2, 0.25) is 0 Å². The Morgan fingerprint density at radius 1 is 1.26 bits per heavy atom. The Bertz CT molecular complexity index is 1080. The van der Waals surface area contributed by atoms with Crippen LogP contribution in [0.15, 0.2) is 29.0 Å². The average Bonchev–Trinajstić information content (AvgIpc) is 3.49. The Labute approximate surface area is 185 Å². The van der Waals surface area contributed by atoms with E-state index in [1.54, 1.807) is 10.9 Å². The number of hydrogen-bond donors (Lipinski definition) is 3. The molecule has 4 heterocycles. The number of rotatable bonds is 4. The molecule has 0 radical (unpaired) electrons. The second-order valence-corrected chi connectivity index (χ2v) is 7.79. The molecule has 3 N–H and O–H groups in total. The molecule has 10 nitrogen and oxygen atoms in total. The molecule has 3 aromatic rings. The number of oxazole rings is 1. The van der Waals surface area contributed by atoms with Crippen LogP contribution in [0, 0.1) is 0 Å². The summed E-state index contributed by atoms with van der Waals surface area (Å²) < 4.78 is 7.32. The van der Waals surface area contributed by atoms with Crippen LogP contribution < -0.4 is 20.4 Å². The fourth-order valence-electron chi connectivity index (χ4n) is 4.07. The highest BCUT2D eigenvalue weighted by molar-refractivity contribution is 6.06. The molecule has 2 saturated heterocycles. The predicted octanol–water partition coefficient (Wildman–Crippen LogP) is 1.22. The first-order valence-electron chi connectivity index (χ1n) is 10.2. The van der Waals surface area contributed by atoms with Gasteiger partial charge in [-0.1, -0.05) is 0 Å². The highest BCUT2D eigenvalue weighted by atomic mass is 35.5. The fourth-order valence-corrected chi connectivity index (χ4v) is 4.07. The summed E-state index contributed by atoms with van der Waals surface area (Å²) in [6, 6.07) is 4.38. The standard InChI is InChI=1S/C20H25N7O3.ClH/c1-25-17-9-15(18(8-13(17)10-22-25)27-5-2-14(28)11-27)23-19(29)16-12-30-20(24-16)26-6-3-21-4-7-26;/h8-10,12,14,21,28H,2-7,11H2,1H3,(H,23,29);1H/t14-;/m0./s1. The van der Waals surface area contributed by atoms with Crippen LogP contribution in [0.25, 0.3) is 10.9 Å². The van der Waals surface area contributed by atoms with E-state index in [2.05, 4.69) is 25.6 Å². The summed E-state index contributed by atoms with van der Waals surface area (Å²) in [6.45, 7) is 4.57. The number of piperazine rings is 1. The zero-order valence-electron chi connectivity index (χ0n) is 17.2. The quantitative estimate of drug-likeness (QED) is 0.547. The fraction of sp³-hybridized carbons (Fsp3) is 0.450. The first kappa shape index (κ1) is 21.4. The van der Waals surface area contributed by atoms with Gasteiger partial charge in [-0.15, -0.1) is 12.4 Å². The molecule has 0 aliphatic carbocycles. The van der Waals surface area contributed by atoms with Crippen LogP contribution >= 0.6 is 12.4 Å². The lowest BCUT2D eigenvalue weighted by molar-refractivity contribution is 0.102. The normalized spacial score (nSPS) is 19.0. The molecule has 0 unspecified atom stereocenters. The van der Waals surface area contributed by atoms with Gasteiger partial charge in [0, 0.05) is 51.7 Å². The highest BCUT2D eigenvalue weighted by Gasteiger charge is 2.25. The molecular weight excluding hydrogens is 422 g/mol. The molecule has 2 fully saturated rings. The molecule has 2 aromatic heterocycles. The first-order valence-corrected chi connectivity index (χ1v) is 10.2. The Kier molecular flexibility index (Phi) is 6.03. The van der Waals surface area contributed by atoms with Gasteiger partial charge >= 0.3 is 0 Å². The summed E-state index contributed by atoms with van der Waals surface area (Å²) in [5.74, 6) is -0.331. The van der Waals surface area contributed by atoms with Crippen molar-refractivity contribution < 1.29 is 14.3 Å². The molecule has 5 rings (SSSR count). The molecule has 11 heteroatoms.